The average Bonchev–Trinajstić information content (AvgIpc) is 3.22. The summed E-state index contributed by atoms with van der Waals surface area (Å²) in [5.74, 6) is -0.173. The van der Waals surface area contributed by atoms with Crippen LogP contribution in [0.25, 0.3) is 11.3 Å². The largest absolute Gasteiger partial charge is 0.497 e. The number of carbonyl (C=O) groups is 1. The molecular weight excluding hydrogens is 402 g/mol. The first kappa shape index (κ1) is 20.7. The van der Waals surface area contributed by atoms with E-state index in [1.54, 1.807) is 24.3 Å². The summed E-state index contributed by atoms with van der Waals surface area (Å²) >= 11 is 0. The SMILES string of the molecule is COc1cccc(-c2cc(C(=O)Nc3cc(OCC(F)F)cc([N+](=O)[O-])c3)[nH]n2)c1. The molecule has 0 aliphatic rings. The van der Waals surface area contributed by atoms with Crippen LogP contribution in [0.1, 0.15) is 10.5 Å². The van der Waals surface area contributed by atoms with Crippen LogP contribution in [0.3, 0.4) is 0 Å². The molecule has 0 aliphatic carbocycles. The number of nitro benzene ring substituents is 1. The molecule has 0 saturated carbocycles. The van der Waals surface area contributed by atoms with Crippen LogP contribution >= 0.6 is 0 Å². The van der Waals surface area contributed by atoms with Crippen LogP contribution in [-0.2, 0) is 0 Å². The van der Waals surface area contributed by atoms with Crippen molar-refractivity contribution in [2.75, 3.05) is 19.0 Å². The number of hydrogen-bond acceptors (Lipinski definition) is 6. The number of aromatic amines is 1. The van der Waals surface area contributed by atoms with Crippen molar-refractivity contribution in [2.24, 2.45) is 0 Å². The Kier molecular flexibility index (Phi) is 6.20. The van der Waals surface area contributed by atoms with Crippen LogP contribution in [0.2, 0.25) is 0 Å². The molecule has 0 saturated heterocycles. The van der Waals surface area contributed by atoms with Crippen molar-refractivity contribution in [3.8, 4) is 22.8 Å². The maximum absolute atomic E-state index is 12.5. The van der Waals surface area contributed by atoms with E-state index in [0.29, 0.717) is 17.0 Å². The van der Waals surface area contributed by atoms with Gasteiger partial charge < -0.3 is 14.8 Å². The second-order valence-electron chi connectivity index (χ2n) is 6.03. The van der Waals surface area contributed by atoms with Gasteiger partial charge in [-0.25, -0.2) is 8.78 Å². The zero-order chi connectivity index (χ0) is 21.7. The lowest BCUT2D eigenvalue weighted by molar-refractivity contribution is -0.384. The molecule has 0 aliphatic heterocycles. The number of nitrogens with zero attached hydrogens (tertiary/aromatic N) is 2. The van der Waals surface area contributed by atoms with Gasteiger partial charge in [-0.05, 0) is 18.2 Å². The van der Waals surface area contributed by atoms with Gasteiger partial charge in [-0.3, -0.25) is 20.0 Å². The molecular formula is C19H16F2N4O5. The summed E-state index contributed by atoms with van der Waals surface area (Å²) < 4.78 is 34.7. The number of nitrogens with one attached hydrogen (secondary N) is 2. The highest BCUT2D eigenvalue weighted by atomic mass is 19.3. The van der Waals surface area contributed by atoms with Gasteiger partial charge in [-0.15, -0.1) is 0 Å². The fourth-order valence-electron chi connectivity index (χ4n) is 2.57. The number of benzene rings is 2. The molecule has 0 bridgehead atoms. The summed E-state index contributed by atoms with van der Waals surface area (Å²) in [5, 5.41) is 20.2. The Labute approximate surface area is 168 Å². The van der Waals surface area contributed by atoms with E-state index in [1.807, 2.05) is 0 Å². The van der Waals surface area contributed by atoms with Crippen LogP contribution in [0.4, 0.5) is 20.2 Å². The molecule has 30 heavy (non-hydrogen) atoms. The molecule has 11 heteroatoms. The number of H-pyrrole nitrogens is 1. The fraction of sp³-hybridized carbons (Fsp3) is 0.158. The Hall–Kier alpha value is -4.02. The number of rotatable bonds is 8. The minimum absolute atomic E-state index is 0.0102. The normalized spacial score (nSPS) is 10.7. The van der Waals surface area contributed by atoms with E-state index in [2.05, 4.69) is 15.5 Å². The predicted octanol–water partition coefficient (Wildman–Crippen LogP) is 3.89. The Morgan fingerprint density at radius 2 is 2.03 bits per heavy atom. The molecule has 0 radical (unpaired) electrons. The summed E-state index contributed by atoms with van der Waals surface area (Å²) in [4.78, 5) is 22.9. The number of aromatic nitrogens is 2. The minimum Gasteiger partial charge on any atom is -0.497 e. The monoisotopic (exact) mass is 418 g/mol. The number of alkyl halides is 2. The van der Waals surface area contributed by atoms with Crippen molar-refractivity contribution in [2.45, 2.75) is 6.43 Å². The summed E-state index contributed by atoms with van der Waals surface area (Å²) in [5.41, 5.74) is 0.880. The lowest BCUT2D eigenvalue weighted by Crippen LogP contribution is -2.13. The third-order valence-corrected chi connectivity index (χ3v) is 3.92. The van der Waals surface area contributed by atoms with Gasteiger partial charge in [0.2, 0.25) is 0 Å². The van der Waals surface area contributed by atoms with E-state index < -0.39 is 29.6 Å². The first-order valence-corrected chi connectivity index (χ1v) is 8.57. The number of anilines is 1. The maximum atomic E-state index is 12.5. The predicted molar refractivity (Wildman–Crippen MR) is 103 cm³/mol. The first-order chi connectivity index (χ1) is 14.4. The zero-order valence-corrected chi connectivity index (χ0v) is 15.6. The molecule has 9 nitrogen and oxygen atoms in total. The van der Waals surface area contributed by atoms with Crippen molar-refractivity contribution >= 4 is 17.3 Å². The summed E-state index contributed by atoms with van der Waals surface area (Å²) in [6.45, 7) is -0.932. The van der Waals surface area contributed by atoms with Crippen molar-refractivity contribution in [3.63, 3.8) is 0 Å². The van der Waals surface area contributed by atoms with E-state index in [4.69, 9.17) is 9.47 Å². The van der Waals surface area contributed by atoms with Crippen LogP contribution < -0.4 is 14.8 Å². The highest BCUT2D eigenvalue weighted by Crippen LogP contribution is 2.27. The van der Waals surface area contributed by atoms with Gasteiger partial charge in [0.05, 0.1) is 29.5 Å². The lowest BCUT2D eigenvalue weighted by atomic mass is 10.1. The van der Waals surface area contributed by atoms with Crippen molar-refractivity contribution in [1.29, 1.82) is 0 Å². The Morgan fingerprint density at radius 1 is 1.23 bits per heavy atom. The molecule has 1 heterocycles. The quantitative estimate of drug-likeness (QED) is 0.423. The van der Waals surface area contributed by atoms with Crippen molar-refractivity contribution < 1.29 is 28.0 Å². The maximum Gasteiger partial charge on any atom is 0.275 e. The minimum atomic E-state index is -2.75. The van der Waals surface area contributed by atoms with Crippen molar-refractivity contribution in [1.82, 2.24) is 10.2 Å². The van der Waals surface area contributed by atoms with Crippen LogP contribution in [-0.4, -0.2) is 41.2 Å². The van der Waals surface area contributed by atoms with Gasteiger partial charge in [-0.2, -0.15) is 5.10 Å². The number of nitro groups is 1. The molecule has 0 atom stereocenters. The van der Waals surface area contributed by atoms with Crippen LogP contribution in [0.15, 0.2) is 48.5 Å². The molecule has 2 aromatic carbocycles. The third kappa shape index (κ3) is 5.07. The molecule has 3 aromatic rings. The van der Waals surface area contributed by atoms with E-state index in [0.717, 1.165) is 12.1 Å². The van der Waals surface area contributed by atoms with Gasteiger partial charge in [0.1, 0.15) is 23.8 Å². The molecule has 0 spiro atoms. The number of ether oxygens (including phenoxy) is 2. The Bertz CT molecular complexity index is 1070. The average molecular weight is 418 g/mol. The van der Waals surface area contributed by atoms with E-state index in [9.17, 15) is 23.7 Å². The summed E-state index contributed by atoms with van der Waals surface area (Å²) in [6.07, 6.45) is -2.75. The lowest BCUT2D eigenvalue weighted by Gasteiger charge is -2.09. The summed E-state index contributed by atoms with van der Waals surface area (Å²) in [7, 11) is 1.53. The van der Waals surface area contributed by atoms with Gasteiger partial charge >= 0.3 is 0 Å². The van der Waals surface area contributed by atoms with E-state index in [1.165, 1.54) is 19.2 Å². The van der Waals surface area contributed by atoms with Gasteiger partial charge in [0.25, 0.3) is 18.0 Å². The smallest absolute Gasteiger partial charge is 0.275 e. The molecule has 156 valence electrons. The Balaban J connectivity index is 1.80. The standard InChI is InChI=1S/C19H16F2N4O5/c1-29-14-4-2-3-11(5-14)16-9-17(24-23-16)19(26)22-12-6-13(25(27)28)8-15(7-12)30-10-18(20)21/h2-9,18H,10H2,1H3,(H,22,26)(H,23,24). The highest BCUT2D eigenvalue weighted by molar-refractivity contribution is 6.03. The molecule has 1 amide bonds. The van der Waals surface area contributed by atoms with Gasteiger partial charge in [0.15, 0.2) is 0 Å². The molecule has 2 N–H and O–H groups in total. The molecule has 0 unspecified atom stereocenters. The number of hydrogen-bond donors (Lipinski definition) is 2. The molecule has 1 aromatic heterocycles. The van der Waals surface area contributed by atoms with Crippen molar-refractivity contribution in [3.05, 3.63) is 64.3 Å². The topological polar surface area (TPSA) is 119 Å². The zero-order valence-electron chi connectivity index (χ0n) is 15.6. The second kappa shape index (κ2) is 8.99. The van der Waals surface area contributed by atoms with Crippen LogP contribution in [0, 0.1) is 10.1 Å². The number of carbonyl (C=O) groups excluding carboxylic acids is 1. The molecule has 3 rings (SSSR count). The van der Waals surface area contributed by atoms with Gasteiger partial charge in [-0.1, -0.05) is 12.1 Å². The highest BCUT2D eigenvalue weighted by Gasteiger charge is 2.16. The van der Waals surface area contributed by atoms with E-state index >= 15 is 0 Å². The second-order valence-corrected chi connectivity index (χ2v) is 6.03. The fourth-order valence-corrected chi connectivity index (χ4v) is 2.57. The van der Waals surface area contributed by atoms with Gasteiger partial charge in [0, 0.05) is 17.7 Å². The summed E-state index contributed by atoms with van der Waals surface area (Å²) in [6, 6.07) is 11.9. The third-order valence-electron chi connectivity index (χ3n) is 3.92. The molecule has 0 fully saturated rings. The number of halogens is 2. The van der Waals surface area contributed by atoms with Crippen LogP contribution in [0.5, 0.6) is 11.5 Å². The van der Waals surface area contributed by atoms with E-state index in [-0.39, 0.29) is 17.1 Å². The Morgan fingerprint density at radius 3 is 2.73 bits per heavy atom. The number of non-ortho nitro benzene ring substituents is 1. The number of amides is 1. The first-order valence-electron chi connectivity index (χ1n) is 8.57. The number of methoxy groups -OCH3 is 1.